The number of halogens is 2. The molecule has 0 atom stereocenters. The van der Waals surface area contributed by atoms with Crippen molar-refractivity contribution in [2.24, 2.45) is 5.92 Å². The first kappa shape index (κ1) is 10.8. The minimum absolute atomic E-state index is 0.749. The molecule has 0 aromatic heterocycles. The van der Waals surface area contributed by atoms with Crippen molar-refractivity contribution in [3.63, 3.8) is 0 Å². The summed E-state index contributed by atoms with van der Waals surface area (Å²) in [5.41, 5.74) is 1.48. The molecule has 2 heteroatoms. The minimum atomic E-state index is 0.749. The molecule has 0 aliphatic rings. The van der Waals surface area contributed by atoms with E-state index >= 15 is 0 Å². The van der Waals surface area contributed by atoms with Gasteiger partial charge < -0.3 is 0 Å². The Hall–Kier alpha value is 0.680. The molecule has 1 rings (SSSR count). The maximum atomic E-state index is 2.41. The summed E-state index contributed by atoms with van der Waals surface area (Å²) in [6, 6.07) is 6.66. The zero-order valence-electron chi connectivity index (χ0n) is 7.27. The third-order valence-corrected chi connectivity index (χ3v) is 3.32. The van der Waals surface area contributed by atoms with E-state index in [4.69, 9.17) is 0 Å². The van der Waals surface area contributed by atoms with Gasteiger partial charge in [-0.1, -0.05) is 19.9 Å². The summed E-state index contributed by atoms with van der Waals surface area (Å²) in [4.78, 5) is 0. The van der Waals surface area contributed by atoms with Crippen LogP contribution >= 0.6 is 45.2 Å². The molecular formula is C10H12I2. The van der Waals surface area contributed by atoms with E-state index in [-0.39, 0.29) is 0 Å². The molecule has 0 spiro atoms. The molecule has 0 radical (unpaired) electrons. The van der Waals surface area contributed by atoms with E-state index in [1.807, 2.05) is 0 Å². The zero-order valence-corrected chi connectivity index (χ0v) is 11.6. The number of hydrogen-bond donors (Lipinski definition) is 0. The van der Waals surface area contributed by atoms with Gasteiger partial charge in [-0.15, -0.1) is 0 Å². The maximum absolute atomic E-state index is 2.41. The highest BCUT2D eigenvalue weighted by molar-refractivity contribution is 14.1. The van der Waals surface area contributed by atoms with Crippen molar-refractivity contribution in [3.8, 4) is 0 Å². The normalized spacial score (nSPS) is 10.8. The molecule has 66 valence electrons. The molecule has 0 saturated heterocycles. The summed E-state index contributed by atoms with van der Waals surface area (Å²) < 4.78 is 2.72. The van der Waals surface area contributed by atoms with Crippen LogP contribution < -0.4 is 0 Å². The number of rotatable bonds is 2. The van der Waals surface area contributed by atoms with Gasteiger partial charge in [0, 0.05) is 7.14 Å². The van der Waals surface area contributed by atoms with Crippen LogP contribution in [0, 0.1) is 13.1 Å². The second-order valence-electron chi connectivity index (χ2n) is 3.33. The van der Waals surface area contributed by atoms with Crippen LogP contribution in [0.15, 0.2) is 18.2 Å². The number of benzene rings is 1. The molecule has 0 bridgehead atoms. The molecule has 0 amide bonds. The average molecular weight is 386 g/mol. The fourth-order valence-electron chi connectivity index (χ4n) is 1.13. The SMILES string of the molecule is CC(C)Cc1ccc(I)cc1I. The van der Waals surface area contributed by atoms with Crippen molar-refractivity contribution in [3.05, 3.63) is 30.9 Å². The molecule has 12 heavy (non-hydrogen) atoms. The molecule has 1 aromatic carbocycles. The van der Waals surface area contributed by atoms with Gasteiger partial charge in [0.25, 0.3) is 0 Å². The van der Waals surface area contributed by atoms with Crippen molar-refractivity contribution in [1.29, 1.82) is 0 Å². The van der Waals surface area contributed by atoms with Crippen molar-refractivity contribution in [1.82, 2.24) is 0 Å². The summed E-state index contributed by atoms with van der Waals surface area (Å²) in [5, 5.41) is 0. The predicted molar refractivity (Wildman–Crippen MR) is 70.4 cm³/mol. The smallest absolute Gasteiger partial charge is 0.0172 e. The maximum Gasteiger partial charge on any atom is 0.0172 e. The van der Waals surface area contributed by atoms with Gasteiger partial charge in [0.2, 0.25) is 0 Å². The molecule has 0 saturated carbocycles. The Morgan fingerprint density at radius 2 is 1.92 bits per heavy atom. The molecule has 1 aromatic rings. The van der Waals surface area contributed by atoms with Gasteiger partial charge in [0.15, 0.2) is 0 Å². The van der Waals surface area contributed by atoms with Crippen LogP contribution in [0.1, 0.15) is 19.4 Å². The van der Waals surface area contributed by atoms with E-state index < -0.39 is 0 Å². The van der Waals surface area contributed by atoms with Crippen LogP contribution in [-0.4, -0.2) is 0 Å². The first-order chi connectivity index (χ1) is 5.59. The summed E-state index contributed by atoms with van der Waals surface area (Å²) in [6.45, 7) is 4.52. The van der Waals surface area contributed by atoms with Crippen LogP contribution in [0.25, 0.3) is 0 Å². The summed E-state index contributed by atoms with van der Waals surface area (Å²) in [5.74, 6) is 0.749. The largest absolute Gasteiger partial charge is 0.0625 e. The summed E-state index contributed by atoms with van der Waals surface area (Å²) in [6.07, 6.45) is 1.19. The molecule has 0 heterocycles. The van der Waals surface area contributed by atoms with Crippen LogP contribution in [-0.2, 0) is 6.42 Å². The third kappa shape index (κ3) is 3.20. The lowest BCUT2D eigenvalue weighted by Crippen LogP contribution is -1.96. The second kappa shape index (κ2) is 4.79. The quantitative estimate of drug-likeness (QED) is 0.672. The topological polar surface area (TPSA) is 0 Å². The van der Waals surface area contributed by atoms with E-state index in [1.165, 1.54) is 19.1 Å². The van der Waals surface area contributed by atoms with Crippen LogP contribution in [0.4, 0.5) is 0 Å². The van der Waals surface area contributed by atoms with Gasteiger partial charge >= 0.3 is 0 Å². The first-order valence-electron chi connectivity index (χ1n) is 4.03. The Kier molecular flexibility index (Phi) is 4.29. The van der Waals surface area contributed by atoms with Gasteiger partial charge in [-0.3, -0.25) is 0 Å². The summed E-state index contributed by atoms with van der Waals surface area (Å²) >= 11 is 4.77. The number of hydrogen-bond acceptors (Lipinski definition) is 0. The lowest BCUT2D eigenvalue weighted by Gasteiger charge is -2.07. The van der Waals surface area contributed by atoms with Crippen LogP contribution in [0.5, 0.6) is 0 Å². The van der Waals surface area contributed by atoms with Gasteiger partial charge in [-0.25, -0.2) is 0 Å². The highest BCUT2D eigenvalue weighted by atomic mass is 127. The van der Waals surface area contributed by atoms with Crippen molar-refractivity contribution >= 4 is 45.2 Å². The average Bonchev–Trinajstić information content (AvgIpc) is 1.94. The van der Waals surface area contributed by atoms with E-state index in [2.05, 4.69) is 77.2 Å². The van der Waals surface area contributed by atoms with Gasteiger partial charge in [0.05, 0.1) is 0 Å². The molecule has 0 fully saturated rings. The predicted octanol–water partition coefficient (Wildman–Crippen LogP) is 4.09. The molecule has 0 N–H and O–H groups in total. The minimum Gasteiger partial charge on any atom is -0.0625 e. The standard InChI is InChI=1S/C10H12I2/c1-7(2)5-8-3-4-9(11)6-10(8)12/h3-4,6-7H,5H2,1-2H3. The summed E-state index contributed by atoms with van der Waals surface area (Å²) in [7, 11) is 0. The van der Waals surface area contributed by atoms with Crippen LogP contribution in [0.2, 0.25) is 0 Å². The van der Waals surface area contributed by atoms with Gasteiger partial charge in [-0.05, 0) is 75.2 Å². The van der Waals surface area contributed by atoms with Crippen molar-refractivity contribution < 1.29 is 0 Å². The van der Waals surface area contributed by atoms with E-state index in [0.717, 1.165) is 5.92 Å². The van der Waals surface area contributed by atoms with Gasteiger partial charge in [-0.2, -0.15) is 0 Å². The lowest BCUT2D eigenvalue weighted by atomic mass is 10.0. The fraction of sp³-hybridized carbons (Fsp3) is 0.400. The highest BCUT2D eigenvalue weighted by Crippen LogP contribution is 2.18. The fourth-order valence-corrected chi connectivity index (χ4v) is 2.95. The third-order valence-electron chi connectivity index (χ3n) is 1.64. The molecule has 0 aliphatic heterocycles. The molecule has 0 aliphatic carbocycles. The Bertz CT molecular complexity index is 267. The van der Waals surface area contributed by atoms with E-state index in [1.54, 1.807) is 0 Å². The van der Waals surface area contributed by atoms with E-state index in [9.17, 15) is 0 Å². The molecule has 0 unspecified atom stereocenters. The molecular weight excluding hydrogens is 374 g/mol. The zero-order chi connectivity index (χ0) is 9.14. The Labute approximate surface area is 101 Å². The monoisotopic (exact) mass is 386 g/mol. The van der Waals surface area contributed by atoms with Crippen LogP contribution in [0.3, 0.4) is 0 Å². The van der Waals surface area contributed by atoms with Gasteiger partial charge in [0.1, 0.15) is 0 Å². The van der Waals surface area contributed by atoms with E-state index in [0.29, 0.717) is 0 Å². The van der Waals surface area contributed by atoms with Crippen molar-refractivity contribution in [2.45, 2.75) is 20.3 Å². The lowest BCUT2D eigenvalue weighted by molar-refractivity contribution is 0.645. The second-order valence-corrected chi connectivity index (χ2v) is 5.74. The van der Waals surface area contributed by atoms with Crippen molar-refractivity contribution in [2.75, 3.05) is 0 Å². The Balaban J connectivity index is 2.86. The first-order valence-corrected chi connectivity index (χ1v) is 6.19. The Morgan fingerprint density at radius 3 is 2.42 bits per heavy atom. The highest BCUT2D eigenvalue weighted by Gasteiger charge is 2.02. The molecule has 0 nitrogen and oxygen atoms in total. The Morgan fingerprint density at radius 1 is 1.25 bits per heavy atom.